The first kappa shape index (κ1) is 28.9. The van der Waals surface area contributed by atoms with Crippen molar-refractivity contribution in [3.8, 4) is 5.75 Å². The molecule has 2 N–H and O–H groups in total. The van der Waals surface area contributed by atoms with Crippen LogP contribution < -0.4 is 10.3 Å². The van der Waals surface area contributed by atoms with Gasteiger partial charge in [0.25, 0.3) is 5.56 Å². The Morgan fingerprint density at radius 2 is 1.93 bits per heavy atom. The van der Waals surface area contributed by atoms with E-state index in [4.69, 9.17) is 14.2 Å². The first-order chi connectivity index (χ1) is 19.4. The van der Waals surface area contributed by atoms with E-state index in [-0.39, 0.29) is 46.8 Å². The summed E-state index contributed by atoms with van der Waals surface area (Å²) in [6.45, 7) is 8.10. The summed E-state index contributed by atoms with van der Waals surface area (Å²) in [5.74, 6) is 0.0600. The van der Waals surface area contributed by atoms with E-state index in [2.05, 4.69) is 9.97 Å². The quantitative estimate of drug-likeness (QED) is 0.366. The van der Waals surface area contributed by atoms with Gasteiger partial charge in [-0.3, -0.25) is 4.79 Å². The average Bonchev–Trinajstić information content (AvgIpc) is 3.46. The smallest absolute Gasteiger partial charge is 0.444 e. The summed E-state index contributed by atoms with van der Waals surface area (Å²) in [7, 11) is -3.99. The Morgan fingerprint density at radius 3 is 2.61 bits per heavy atom. The highest BCUT2D eigenvalue weighted by Gasteiger charge is 2.42. The van der Waals surface area contributed by atoms with Crippen molar-refractivity contribution >= 4 is 44.1 Å². The molecule has 0 unspecified atom stereocenters. The lowest BCUT2D eigenvalue weighted by Gasteiger charge is -2.32. The maximum atomic E-state index is 14.1. The highest BCUT2D eigenvalue weighted by molar-refractivity contribution is 7.89. The molecule has 0 spiro atoms. The van der Waals surface area contributed by atoms with Crippen LogP contribution in [0.25, 0.3) is 21.8 Å². The van der Waals surface area contributed by atoms with E-state index in [1.807, 2.05) is 6.92 Å². The van der Waals surface area contributed by atoms with E-state index in [0.717, 1.165) is 19.3 Å². The molecule has 3 heterocycles. The van der Waals surface area contributed by atoms with Crippen LogP contribution in [-0.4, -0.2) is 77.2 Å². The molecule has 3 aromatic rings. The van der Waals surface area contributed by atoms with Gasteiger partial charge in [-0.2, -0.15) is 4.31 Å². The molecule has 12 nitrogen and oxygen atoms in total. The van der Waals surface area contributed by atoms with E-state index >= 15 is 0 Å². The van der Waals surface area contributed by atoms with Gasteiger partial charge in [0.15, 0.2) is 5.75 Å². The van der Waals surface area contributed by atoms with Crippen LogP contribution in [0, 0.1) is 0 Å². The number of nitrogens with one attached hydrogen (secondary N) is 2. The number of carbonyl (C=O) groups excluding carboxylic acids is 2. The summed E-state index contributed by atoms with van der Waals surface area (Å²) >= 11 is 0. The van der Waals surface area contributed by atoms with Crippen molar-refractivity contribution in [2.45, 2.75) is 82.4 Å². The molecule has 41 heavy (non-hydrogen) atoms. The standard InChI is InChI=1S/C28H36N4O8S/c1-5-13-38-27(35)39-22-15-29-24-23(22)20-14-19(10-11-21(20)30-25(24)33)41(36,37)32(17-8-9-17)16-18-7-6-12-31(18)26(34)40-28(2,3)4/h10-11,14-15,17-18,29H,5-9,12-13,16H2,1-4H3,(H,30,33)/t18-/m1/s1. The van der Waals surface area contributed by atoms with Crippen molar-refractivity contribution in [2.24, 2.45) is 0 Å². The number of hydrogen-bond donors (Lipinski definition) is 2. The maximum absolute atomic E-state index is 14.1. The lowest BCUT2D eigenvalue weighted by atomic mass is 10.1. The van der Waals surface area contributed by atoms with Crippen molar-refractivity contribution in [3.63, 3.8) is 0 Å². The van der Waals surface area contributed by atoms with Crippen molar-refractivity contribution < 1.29 is 32.2 Å². The SMILES string of the molecule is CCCOC(=O)Oc1c[nH]c2c(=O)[nH]c3ccc(S(=O)(=O)N(C[C@H]4CCCN4C(=O)OC(C)(C)C)C4CC4)cc3c12. The van der Waals surface area contributed by atoms with Gasteiger partial charge in [-0.25, -0.2) is 18.0 Å². The molecule has 1 aliphatic carbocycles. The largest absolute Gasteiger partial charge is 0.513 e. The number of rotatable bonds is 8. The maximum Gasteiger partial charge on any atom is 0.513 e. The highest BCUT2D eigenvalue weighted by atomic mass is 32.2. The molecular weight excluding hydrogens is 552 g/mol. The fourth-order valence-corrected chi connectivity index (χ4v) is 6.91. The summed E-state index contributed by atoms with van der Waals surface area (Å²) in [6, 6.07) is 4.01. The number of likely N-dealkylation sites (tertiary alicyclic amines) is 1. The minimum absolute atomic E-state index is 0.0350. The lowest BCUT2D eigenvalue weighted by molar-refractivity contribution is 0.0212. The van der Waals surface area contributed by atoms with Gasteiger partial charge in [0, 0.05) is 42.3 Å². The van der Waals surface area contributed by atoms with Crippen LogP contribution in [0.2, 0.25) is 0 Å². The monoisotopic (exact) mass is 588 g/mol. The predicted octanol–water partition coefficient (Wildman–Crippen LogP) is 4.49. The van der Waals surface area contributed by atoms with Gasteiger partial charge in [0.2, 0.25) is 10.0 Å². The second-order valence-electron chi connectivity index (χ2n) is 11.5. The van der Waals surface area contributed by atoms with E-state index in [1.54, 1.807) is 25.7 Å². The number of aromatic amines is 2. The Kier molecular flexibility index (Phi) is 7.77. The zero-order valence-corrected chi connectivity index (χ0v) is 24.5. The topological polar surface area (TPSA) is 151 Å². The fraction of sp³-hybridized carbons (Fsp3) is 0.536. The molecule has 13 heteroatoms. The van der Waals surface area contributed by atoms with Crippen molar-refractivity contribution in [2.75, 3.05) is 19.7 Å². The molecule has 0 bridgehead atoms. The first-order valence-electron chi connectivity index (χ1n) is 13.9. The van der Waals surface area contributed by atoms with Crippen LogP contribution >= 0.6 is 0 Å². The van der Waals surface area contributed by atoms with Crippen LogP contribution in [0.3, 0.4) is 0 Å². The number of H-pyrrole nitrogens is 2. The van der Waals surface area contributed by atoms with Crippen LogP contribution in [0.15, 0.2) is 34.1 Å². The Bertz CT molecular complexity index is 1630. The number of amides is 1. The number of ether oxygens (including phenoxy) is 3. The Morgan fingerprint density at radius 1 is 1.17 bits per heavy atom. The minimum atomic E-state index is -3.99. The number of carbonyl (C=O) groups is 2. The van der Waals surface area contributed by atoms with Crippen LogP contribution in [0.5, 0.6) is 5.75 Å². The van der Waals surface area contributed by atoms with Crippen molar-refractivity contribution in [1.29, 1.82) is 0 Å². The van der Waals surface area contributed by atoms with Gasteiger partial charge in [0.1, 0.15) is 11.1 Å². The van der Waals surface area contributed by atoms with Gasteiger partial charge in [0.05, 0.1) is 16.9 Å². The fourth-order valence-electron chi connectivity index (χ4n) is 5.16. The molecule has 1 aliphatic heterocycles. The zero-order valence-electron chi connectivity index (χ0n) is 23.7. The third-order valence-corrected chi connectivity index (χ3v) is 9.07. The molecule has 1 saturated carbocycles. The zero-order chi connectivity index (χ0) is 29.5. The summed E-state index contributed by atoms with van der Waals surface area (Å²) in [6.07, 6.45) is 3.53. The summed E-state index contributed by atoms with van der Waals surface area (Å²) in [4.78, 5) is 44.9. The van der Waals surface area contributed by atoms with E-state index in [1.165, 1.54) is 28.7 Å². The van der Waals surface area contributed by atoms with Gasteiger partial charge in [-0.05, 0) is 71.1 Å². The molecule has 2 aromatic heterocycles. The molecule has 5 rings (SSSR count). The second kappa shape index (κ2) is 11.0. The third-order valence-electron chi connectivity index (χ3n) is 7.15. The Labute approximate surface area is 238 Å². The van der Waals surface area contributed by atoms with E-state index in [0.29, 0.717) is 30.3 Å². The number of pyridine rings is 1. The number of fused-ring (bicyclic) bond motifs is 3. The third kappa shape index (κ3) is 6.05. The summed E-state index contributed by atoms with van der Waals surface area (Å²) in [5, 5.41) is 0.673. The molecule has 1 atom stereocenters. The number of benzene rings is 1. The Hall–Kier alpha value is -3.58. The summed E-state index contributed by atoms with van der Waals surface area (Å²) < 4.78 is 45.6. The van der Waals surface area contributed by atoms with Gasteiger partial charge in [-0.15, -0.1) is 0 Å². The predicted molar refractivity (Wildman–Crippen MR) is 152 cm³/mol. The molecule has 222 valence electrons. The lowest BCUT2D eigenvalue weighted by Crippen LogP contribution is -2.47. The first-order valence-corrected chi connectivity index (χ1v) is 15.4. The molecule has 1 aromatic carbocycles. The van der Waals surface area contributed by atoms with Crippen molar-refractivity contribution in [1.82, 2.24) is 19.2 Å². The van der Waals surface area contributed by atoms with E-state index in [9.17, 15) is 22.8 Å². The molecule has 2 aliphatic rings. The van der Waals surface area contributed by atoms with Crippen LogP contribution in [-0.2, 0) is 19.5 Å². The number of sulfonamides is 1. The summed E-state index contributed by atoms with van der Waals surface area (Å²) in [5.41, 5.74) is -0.568. The second-order valence-corrected chi connectivity index (χ2v) is 13.4. The normalized spacial score (nSPS) is 17.9. The van der Waals surface area contributed by atoms with Crippen molar-refractivity contribution in [3.05, 3.63) is 34.7 Å². The van der Waals surface area contributed by atoms with Crippen LogP contribution in [0.4, 0.5) is 9.59 Å². The molecule has 1 amide bonds. The molecular formula is C28H36N4O8S. The number of aromatic nitrogens is 2. The van der Waals surface area contributed by atoms with Gasteiger partial charge in [-0.1, -0.05) is 6.92 Å². The van der Waals surface area contributed by atoms with Gasteiger partial charge >= 0.3 is 12.2 Å². The Balaban J connectivity index is 1.49. The van der Waals surface area contributed by atoms with E-state index < -0.39 is 33.4 Å². The number of nitrogens with zero attached hydrogens (tertiary/aromatic N) is 2. The molecule has 1 saturated heterocycles. The minimum Gasteiger partial charge on any atom is -0.444 e. The van der Waals surface area contributed by atoms with Gasteiger partial charge < -0.3 is 29.1 Å². The molecule has 2 fully saturated rings. The molecule has 0 radical (unpaired) electrons. The number of hydrogen-bond acceptors (Lipinski definition) is 8. The average molecular weight is 589 g/mol. The van der Waals surface area contributed by atoms with Crippen LogP contribution in [0.1, 0.15) is 59.8 Å². The highest BCUT2D eigenvalue weighted by Crippen LogP contribution is 2.37.